The molecule has 2 aromatic carbocycles. The maximum atomic E-state index is 12.4. The number of nitrogens with one attached hydrogen (secondary N) is 1. The van der Waals surface area contributed by atoms with Crippen molar-refractivity contribution in [3.8, 4) is 5.75 Å². The Kier molecular flexibility index (Phi) is 6.55. The molecule has 0 aliphatic carbocycles. The van der Waals surface area contributed by atoms with Gasteiger partial charge in [-0.25, -0.2) is 0 Å². The molecule has 0 bridgehead atoms. The second kappa shape index (κ2) is 8.64. The molecule has 3 unspecified atom stereocenters. The van der Waals surface area contributed by atoms with Crippen LogP contribution in [0.15, 0.2) is 54.6 Å². The predicted molar refractivity (Wildman–Crippen MR) is 97.5 cm³/mol. The Morgan fingerprint density at radius 2 is 1.75 bits per heavy atom. The Balaban J connectivity index is 2.03. The van der Waals surface area contributed by atoms with Gasteiger partial charge in [-0.1, -0.05) is 48.0 Å². The van der Waals surface area contributed by atoms with E-state index >= 15 is 0 Å². The molecule has 4 nitrogen and oxygen atoms in total. The predicted octanol–water partition coefficient (Wildman–Crippen LogP) is 3.00. The van der Waals surface area contributed by atoms with Crippen molar-refractivity contribution in [1.29, 1.82) is 0 Å². The highest BCUT2D eigenvalue weighted by Gasteiger charge is 2.21. The van der Waals surface area contributed by atoms with Crippen molar-refractivity contribution in [2.75, 3.05) is 12.0 Å². The summed E-state index contributed by atoms with van der Waals surface area (Å²) in [6.45, 7) is 3.70. The molecule has 0 saturated carbocycles. The summed E-state index contributed by atoms with van der Waals surface area (Å²) in [5, 5.41) is 2.94. The number of rotatable bonds is 7. The molecule has 2 rings (SSSR count). The number of hydrogen-bond acceptors (Lipinski definition) is 3. The van der Waals surface area contributed by atoms with Crippen LogP contribution in [0.3, 0.4) is 0 Å². The van der Waals surface area contributed by atoms with E-state index in [1.165, 1.54) is 0 Å². The molecule has 0 aromatic heterocycles. The molecule has 0 aliphatic heterocycles. The smallest absolute Gasteiger partial charge is 0.261 e. The van der Waals surface area contributed by atoms with Crippen molar-refractivity contribution in [2.45, 2.75) is 26.0 Å². The number of amides is 1. The minimum absolute atomic E-state index is 0.227. The quantitative estimate of drug-likeness (QED) is 0.839. The maximum absolute atomic E-state index is 12.4. The van der Waals surface area contributed by atoms with Crippen LogP contribution in [0.1, 0.15) is 24.1 Å². The summed E-state index contributed by atoms with van der Waals surface area (Å²) < 4.78 is 17.3. The largest absolute Gasteiger partial charge is 0.481 e. The highest BCUT2D eigenvalue weighted by atomic mass is 32.2. The fourth-order valence-electron chi connectivity index (χ4n) is 2.30. The molecule has 0 saturated heterocycles. The third-order valence-corrected chi connectivity index (χ3v) is 4.43. The van der Waals surface area contributed by atoms with Gasteiger partial charge in [-0.2, -0.15) is 0 Å². The van der Waals surface area contributed by atoms with Gasteiger partial charge in [0.25, 0.3) is 5.91 Å². The monoisotopic (exact) mass is 345 g/mol. The number of hydrogen-bond donors (Lipinski definition) is 1. The standard InChI is InChI=1S/C19H23NO3S/c1-14-9-11-17(12-10-14)23-15(2)19(21)20-18(13-24(3)22)16-7-5-4-6-8-16/h4-12,15,18H,13H2,1-3H3,(H,20,21). The first-order valence-electron chi connectivity index (χ1n) is 7.84. The van der Waals surface area contributed by atoms with Gasteiger partial charge in [0.2, 0.25) is 0 Å². The summed E-state index contributed by atoms with van der Waals surface area (Å²) in [5.41, 5.74) is 2.07. The second-order valence-corrected chi connectivity index (χ2v) is 7.26. The Morgan fingerprint density at radius 1 is 1.12 bits per heavy atom. The summed E-state index contributed by atoms with van der Waals surface area (Å²) in [7, 11) is -1.02. The van der Waals surface area contributed by atoms with Crippen LogP contribution in [-0.2, 0) is 15.6 Å². The van der Waals surface area contributed by atoms with E-state index in [1.54, 1.807) is 13.2 Å². The van der Waals surface area contributed by atoms with Gasteiger partial charge in [-0.15, -0.1) is 0 Å². The lowest BCUT2D eigenvalue weighted by Gasteiger charge is -2.21. The van der Waals surface area contributed by atoms with E-state index in [2.05, 4.69) is 5.32 Å². The van der Waals surface area contributed by atoms with Gasteiger partial charge in [0, 0.05) is 22.8 Å². The lowest BCUT2D eigenvalue weighted by atomic mass is 10.1. The third kappa shape index (κ3) is 5.49. The van der Waals surface area contributed by atoms with Gasteiger partial charge in [0.05, 0.1) is 6.04 Å². The lowest BCUT2D eigenvalue weighted by molar-refractivity contribution is -0.127. The summed E-state index contributed by atoms with van der Waals surface area (Å²) in [5.74, 6) is 0.793. The van der Waals surface area contributed by atoms with Crippen LogP contribution in [-0.4, -0.2) is 28.2 Å². The molecule has 128 valence electrons. The maximum Gasteiger partial charge on any atom is 0.261 e. The number of benzene rings is 2. The molecular weight excluding hydrogens is 322 g/mol. The minimum atomic E-state index is -1.02. The Bertz CT molecular complexity index is 686. The topological polar surface area (TPSA) is 55.4 Å². The van der Waals surface area contributed by atoms with Crippen LogP contribution in [0.25, 0.3) is 0 Å². The molecule has 0 heterocycles. The summed E-state index contributed by atoms with van der Waals surface area (Å²) >= 11 is 0. The Hall–Kier alpha value is -2.14. The molecule has 24 heavy (non-hydrogen) atoms. The highest BCUT2D eigenvalue weighted by molar-refractivity contribution is 7.84. The van der Waals surface area contributed by atoms with Gasteiger partial charge in [-0.3, -0.25) is 9.00 Å². The van der Waals surface area contributed by atoms with Crippen molar-refractivity contribution in [1.82, 2.24) is 5.32 Å². The molecule has 5 heteroatoms. The first-order chi connectivity index (χ1) is 11.5. The van der Waals surface area contributed by atoms with Crippen molar-refractivity contribution >= 4 is 16.7 Å². The average Bonchev–Trinajstić information content (AvgIpc) is 2.56. The first kappa shape index (κ1) is 18.2. The highest BCUT2D eigenvalue weighted by Crippen LogP contribution is 2.16. The zero-order valence-corrected chi connectivity index (χ0v) is 15.0. The molecule has 0 radical (unpaired) electrons. The van der Waals surface area contributed by atoms with Gasteiger partial charge >= 0.3 is 0 Å². The van der Waals surface area contributed by atoms with Crippen molar-refractivity contribution in [2.24, 2.45) is 0 Å². The SMILES string of the molecule is Cc1ccc(OC(C)C(=O)NC(CS(C)=O)c2ccccc2)cc1. The zero-order chi connectivity index (χ0) is 17.5. The van der Waals surface area contributed by atoms with Crippen LogP contribution in [0.2, 0.25) is 0 Å². The molecule has 2 aromatic rings. The van der Waals surface area contributed by atoms with E-state index < -0.39 is 16.9 Å². The summed E-state index contributed by atoms with van der Waals surface area (Å²) in [4.78, 5) is 12.4. The Labute approximate surface area is 145 Å². The fraction of sp³-hybridized carbons (Fsp3) is 0.316. The molecule has 1 amide bonds. The van der Waals surface area contributed by atoms with E-state index in [9.17, 15) is 9.00 Å². The number of ether oxygens (including phenoxy) is 1. The Morgan fingerprint density at radius 3 is 2.33 bits per heavy atom. The van der Waals surface area contributed by atoms with E-state index in [4.69, 9.17) is 4.74 Å². The van der Waals surface area contributed by atoms with Crippen LogP contribution in [0, 0.1) is 6.92 Å². The normalized spacial score (nSPS) is 14.5. The van der Waals surface area contributed by atoms with Crippen LogP contribution in [0.4, 0.5) is 0 Å². The van der Waals surface area contributed by atoms with Crippen molar-refractivity contribution in [3.63, 3.8) is 0 Å². The first-order valence-corrected chi connectivity index (χ1v) is 9.57. The van der Waals surface area contributed by atoms with Gasteiger partial charge in [0.1, 0.15) is 5.75 Å². The van der Waals surface area contributed by atoms with Crippen molar-refractivity contribution < 1.29 is 13.7 Å². The van der Waals surface area contributed by atoms with Gasteiger partial charge in [-0.05, 0) is 31.5 Å². The molecular formula is C19H23NO3S. The van der Waals surface area contributed by atoms with Gasteiger partial charge < -0.3 is 10.1 Å². The third-order valence-electron chi connectivity index (χ3n) is 3.62. The fourth-order valence-corrected chi connectivity index (χ4v) is 3.05. The minimum Gasteiger partial charge on any atom is -0.481 e. The zero-order valence-electron chi connectivity index (χ0n) is 14.2. The van der Waals surface area contributed by atoms with Crippen LogP contribution < -0.4 is 10.1 Å². The van der Waals surface area contributed by atoms with Crippen molar-refractivity contribution in [3.05, 3.63) is 65.7 Å². The molecule has 0 fully saturated rings. The molecule has 3 atom stereocenters. The van der Waals surface area contributed by atoms with E-state index in [0.29, 0.717) is 11.5 Å². The molecule has 1 N–H and O–H groups in total. The van der Waals surface area contributed by atoms with Crippen LogP contribution in [0.5, 0.6) is 5.75 Å². The lowest BCUT2D eigenvalue weighted by Crippen LogP contribution is -2.40. The second-order valence-electron chi connectivity index (χ2n) is 5.78. The summed E-state index contributed by atoms with van der Waals surface area (Å²) in [6.07, 6.45) is 0.998. The van der Waals surface area contributed by atoms with Gasteiger partial charge in [0.15, 0.2) is 6.10 Å². The number of carbonyl (C=O) groups excluding carboxylic acids is 1. The van der Waals surface area contributed by atoms with E-state index in [-0.39, 0.29) is 11.9 Å². The molecule has 0 aliphatic rings. The van der Waals surface area contributed by atoms with E-state index in [0.717, 1.165) is 11.1 Å². The molecule has 0 spiro atoms. The summed E-state index contributed by atoms with van der Waals surface area (Å²) in [6, 6.07) is 16.8. The van der Waals surface area contributed by atoms with Crippen LogP contribution >= 0.6 is 0 Å². The number of carbonyl (C=O) groups is 1. The number of aryl methyl sites for hydroxylation is 1. The van der Waals surface area contributed by atoms with E-state index in [1.807, 2.05) is 61.5 Å². The average molecular weight is 345 g/mol.